The number of ether oxygens (including phenoxy) is 1. The molecule has 0 aromatic heterocycles. The molecule has 4 heteroatoms. The number of anilines is 1. The number of aliphatic hydroxyl groups excluding tert-OH is 1. The second kappa shape index (κ2) is 9.95. The molecular formula is C25H28BrNO2. The molecule has 2 N–H and O–H groups in total. The number of halogens is 1. The molecule has 2 atom stereocenters. The van der Waals surface area contributed by atoms with Crippen LogP contribution in [0.1, 0.15) is 55.0 Å². The number of methoxy groups -OCH3 is 1. The Morgan fingerprint density at radius 3 is 1.93 bits per heavy atom. The molecule has 0 saturated carbocycles. The predicted octanol–water partition coefficient (Wildman–Crippen LogP) is 6.86. The maximum Gasteiger partial charge on any atom is 0.118 e. The number of hydrogen-bond donors (Lipinski definition) is 2. The van der Waals surface area contributed by atoms with E-state index in [0.717, 1.165) is 27.0 Å². The average molecular weight is 454 g/mol. The van der Waals surface area contributed by atoms with Gasteiger partial charge in [0.25, 0.3) is 0 Å². The van der Waals surface area contributed by atoms with Gasteiger partial charge in [-0.25, -0.2) is 0 Å². The number of aliphatic hydroxyl groups is 1. The van der Waals surface area contributed by atoms with Crippen molar-refractivity contribution < 1.29 is 9.84 Å². The van der Waals surface area contributed by atoms with Crippen molar-refractivity contribution in [3.05, 3.63) is 94.0 Å². The van der Waals surface area contributed by atoms with E-state index in [-0.39, 0.29) is 6.04 Å². The normalized spacial score (nSPS) is 13.2. The lowest BCUT2D eigenvalue weighted by Gasteiger charge is -2.24. The van der Waals surface area contributed by atoms with Gasteiger partial charge in [-0.3, -0.25) is 0 Å². The van der Waals surface area contributed by atoms with E-state index < -0.39 is 6.10 Å². The molecule has 3 rings (SSSR count). The maximum absolute atomic E-state index is 10.9. The van der Waals surface area contributed by atoms with Gasteiger partial charge in [0.2, 0.25) is 0 Å². The van der Waals surface area contributed by atoms with Crippen LogP contribution >= 0.6 is 15.9 Å². The molecule has 0 radical (unpaired) electrons. The minimum atomic E-state index is -0.585. The summed E-state index contributed by atoms with van der Waals surface area (Å²) < 4.78 is 6.26. The van der Waals surface area contributed by atoms with Crippen LogP contribution in [0.2, 0.25) is 0 Å². The van der Waals surface area contributed by atoms with Gasteiger partial charge in [-0.1, -0.05) is 66.2 Å². The lowest BCUT2D eigenvalue weighted by molar-refractivity contribution is 0.160. The van der Waals surface area contributed by atoms with Crippen molar-refractivity contribution in [2.75, 3.05) is 12.4 Å². The molecule has 0 aliphatic heterocycles. The Labute approximate surface area is 181 Å². The van der Waals surface area contributed by atoms with E-state index in [9.17, 15) is 5.11 Å². The van der Waals surface area contributed by atoms with Gasteiger partial charge in [-0.05, 0) is 59.0 Å². The number of rotatable bonds is 8. The van der Waals surface area contributed by atoms with Gasteiger partial charge in [0.1, 0.15) is 5.75 Å². The molecule has 2 unspecified atom stereocenters. The van der Waals surface area contributed by atoms with Crippen molar-refractivity contribution in [1.82, 2.24) is 0 Å². The molecule has 3 aromatic carbocycles. The fourth-order valence-electron chi connectivity index (χ4n) is 3.32. The van der Waals surface area contributed by atoms with Crippen LogP contribution in [0.15, 0.2) is 77.3 Å². The van der Waals surface area contributed by atoms with Crippen LogP contribution in [0, 0.1) is 0 Å². The Morgan fingerprint density at radius 2 is 1.38 bits per heavy atom. The summed E-state index contributed by atoms with van der Waals surface area (Å²) in [7, 11) is 1.64. The van der Waals surface area contributed by atoms with Crippen molar-refractivity contribution >= 4 is 21.6 Å². The molecule has 0 bridgehead atoms. The van der Waals surface area contributed by atoms with Gasteiger partial charge in [-0.2, -0.15) is 0 Å². The Balaban J connectivity index is 1.83. The fraction of sp³-hybridized carbons (Fsp3) is 0.280. The Bertz CT molecular complexity index is 890. The first-order chi connectivity index (χ1) is 14.0. The van der Waals surface area contributed by atoms with Crippen LogP contribution in [0.25, 0.3) is 0 Å². The SMILES string of the molecule is COc1ccc(C(O)CC(Nc2ccc(Br)cc2)c2ccc(C(C)C)cc2)cc1. The molecule has 0 aliphatic carbocycles. The first-order valence-electron chi connectivity index (χ1n) is 9.90. The van der Waals surface area contributed by atoms with Crippen molar-refractivity contribution in [3.63, 3.8) is 0 Å². The molecule has 0 fully saturated rings. The lowest BCUT2D eigenvalue weighted by Crippen LogP contribution is -2.15. The molecule has 152 valence electrons. The van der Waals surface area contributed by atoms with Gasteiger partial charge in [0.05, 0.1) is 19.3 Å². The summed E-state index contributed by atoms with van der Waals surface area (Å²) in [6, 6.07) is 24.4. The maximum atomic E-state index is 10.9. The Hall–Kier alpha value is -2.30. The standard InChI is InChI=1S/C25H28BrNO2/c1-17(2)18-4-6-19(7-5-18)24(27-22-12-10-21(26)11-13-22)16-25(28)20-8-14-23(29-3)15-9-20/h4-15,17,24-25,27-28H,16H2,1-3H3. The van der Waals surface area contributed by atoms with Crippen LogP contribution in [-0.4, -0.2) is 12.2 Å². The van der Waals surface area contributed by atoms with Crippen LogP contribution < -0.4 is 10.1 Å². The van der Waals surface area contributed by atoms with E-state index in [4.69, 9.17) is 4.74 Å². The summed E-state index contributed by atoms with van der Waals surface area (Å²) in [6.07, 6.45) is -0.0257. The monoisotopic (exact) mass is 453 g/mol. The highest BCUT2D eigenvalue weighted by Crippen LogP contribution is 2.31. The fourth-order valence-corrected chi connectivity index (χ4v) is 3.59. The first-order valence-corrected chi connectivity index (χ1v) is 10.7. The van der Waals surface area contributed by atoms with E-state index in [2.05, 4.69) is 59.4 Å². The highest BCUT2D eigenvalue weighted by Gasteiger charge is 2.18. The topological polar surface area (TPSA) is 41.5 Å². The molecule has 29 heavy (non-hydrogen) atoms. The second-order valence-electron chi connectivity index (χ2n) is 7.55. The quantitative estimate of drug-likeness (QED) is 0.391. The van der Waals surface area contributed by atoms with E-state index in [1.807, 2.05) is 48.5 Å². The second-order valence-corrected chi connectivity index (χ2v) is 8.47. The summed E-state index contributed by atoms with van der Waals surface area (Å²) in [5.74, 6) is 1.28. The zero-order valence-corrected chi connectivity index (χ0v) is 18.7. The summed E-state index contributed by atoms with van der Waals surface area (Å²) in [5.41, 5.74) is 4.37. The minimum absolute atomic E-state index is 0.0190. The van der Waals surface area contributed by atoms with Gasteiger partial charge < -0.3 is 15.2 Å². The third-order valence-electron chi connectivity index (χ3n) is 5.15. The van der Waals surface area contributed by atoms with Crippen LogP contribution in [0.4, 0.5) is 5.69 Å². The molecule has 0 spiro atoms. The molecule has 0 saturated heterocycles. The van der Waals surface area contributed by atoms with Crippen LogP contribution in [-0.2, 0) is 0 Å². The smallest absolute Gasteiger partial charge is 0.118 e. The van der Waals surface area contributed by atoms with Gasteiger partial charge >= 0.3 is 0 Å². The number of hydrogen-bond acceptors (Lipinski definition) is 3. The molecule has 3 aromatic rings. The zero-order valence-electron chi connectivity index (χ0n) is 17.1. The average Bonchev–Trinajstić information content (AvgIpc) is 2.75. The molecular weight excluding hydrogens is 426 g/mol. The molecule has 0 heterocycles. The van der Waals surface area contributed by atoms with E-state index >= 15 is 0 Å². The van der Waals surface area contributed by atoms with E-state index in [0.29, 0.717) is 12.3 Å². The van der Waals surface area contributed by atoms with Crippen molar-refractivity contribution in [3.8, 4) is 5.75 Å². The largest absolute Gasteiger partial charge is 0.497 e. The zero-order chi connectivity index (χ0) is 20.8. The molecule has 0 amide bonds. The summed E-state index contributed by atoms with van der Waals surface area (Å²) in [6.45, 7) is 4.39. The van der Waals surface area contributed by atoms with Gasteiger partial charge in [0.15, 0.2) is 0 Å². The minimum Gasteiger partial charge on any atom is -0.497 e. The highest BCUT2D eigenvalue weighted by molar-refractivity contribution is 9.10. The predicted molar refractivity (Wildman–Crippen MR) is 124 cm³/mol. The summed E-state index contributed by atoms with van der Waals surface area (Å²) in [4.78, 5) is 0. The Morgan fingerprint density at radius 1 is 0.828 bits per heavy atom. The summed E-state index contributed by atoms with van der Waals surface area (Å²) >= 11 is 3.48. The van der Waals surface area contributed by atoms with Crippen LogP contribution in [0.5, 0.6) is 5.75 Å². The Kier molecular flexibility index (Phi) is 7.34. The lowest BCUT2D eigenvalue weighted by atomic mass is 9.94. The van der Waals surface area contributed by atoms with E-state index in [1.54, 1.807) is 7.11 Å². The third-order valence-corrected chi connectivity index (χ3v) is 5.68. The highest BCUT2D eigenvalue weighted by atomic mass is 79.9. The summed E-state index contributed by atoms with van der Waals surface area (Å²) in [5, 5.41) is 14.5. The van der Waals surface area contributed by atoms with Gasteiger partial charge in [0, 0.05) is 16.6 Å². The number of benzene rings is 3. The van der Waals surface area contributed by atoms with Crippen LogP contribution in [0.3, 0.4) is 0 Å². The van der Waals surface area contributed by atoms with E-state index in [1.165, 1.54) is 5.56 Å². The van der Waals surface area contributed by atoms with Crippen molar-refractivity contribution in [2.45, 2.75) is 38.3 Å². The first kappa shape index (κ1) is 21.4. The van der Waals surface area contributed by atoms with Crippen molar-refractivity contribution in [2.24, 2.45) is 0 Å². The third kappa shape index (κ3) is 5.84. The molecule has 0 aliphatic rings. The number of nitrogens with one attached hydrogen (secondary N) is 1. The molecule has 3 nitrogen and oxygen atoms in total. The van der Waals surface area contributed by atoms with Crippen molar-refractivity contribution in [1.29, 1.82) is 0 Å². The van der Waals surface area contributed by atoms with Gasteiger partial charge in [-0.15, -0.1) is 0 Å².